The van der Waals surface area contributed by atoms with E-state index in [-0.39, 0.29) is 17.7 Å². The molecule has 2 aromatic heterocycles. The minimum atomic E-state index is -0.348. The Morgan fingerprint density at radius 3 is 2.82 bits per heavy atom. The number of hydrogen-bond donors (Lipinski definition) is 2. The molecule has 3 N–H and O–H groups in total. The monoisotopic (exact) mass is 299 g/mol. The number of carbonyl (C=O) groups excluding carboxylic acids is 2. The summed E-state index contributed by atoms with van der Waals surface area (Å²) < 4.78 is 0. The average Bonchev–Trinajstić information content (AvgIpc) is 3.05. The fourth-order valence-electron chi connectivity index (χ4n) is 2.67. The smallest absolute Gasteiger partial charge is 0.271 e. The van der Waals surface area contributed by atoms with Crippen molar-refractivity contribution in [1.29, 1.82) is 0 Å². The molecule has 1 atom stereocenters. The summed E-state index contributed by atoms with van der Waals surface area (Å²) in [5, 5.41) is 6.93. The number of H-pyrrole nitrogens is 1. The van der Waals surface area contributed by atoms with Crippen LogP contribution in [0.5, 0.6) is 0 Å². The van der Waals surface area contributed by atoms with E-state index in [1.54, 1.807) is 23.4 Å². The maximum Gasteiger partial charge on any atom is 0.271 e. The Labute approximate surface area is 127 Å². The molecular formula is C15H17N5O2. The minimum Gasteiger partial charge on any atom is -0.369 e. The van der Waals surface area contributed by atoms with Gasteiger partial charge in [-0.1, -0.05) is 0 Å². The van der Waals surface area contributed by atoms with Gasteiger partial charge in [-0.15, -0.1) is 0 Å². The Morgan fingerprint density at radius 1 is 1.32 bits per heavy atom. The Bertz CT molecular complexity index is 682. The highest BCUT2D eigenvalue weighted by molar-refractivity contribution is 5.93. The summed E-state index contributed by atoms with van der Waals surface area (Å²) in [7, 11) is 0. The molecule has 7 heteroatoms. The van der Waals surface area contributed by atoms with Gasteiger partial charge in [0.25, 0.3) is 5.91 Å². The number of likely N-dealkylation sites (tertiary alicyclic amines) is 1. The number of nitrogens with one attached hydrogen (secondary N) is 1. The number of aromatic amines is 1. The van der Waals surface area contributed by atoms with E-state index in [0.29, 0.717) is 24.5 Å². The molecule has 1 aliphatic heterocycles. The van der Waals surface area contributed by atoms with Crippen LogP contribution in [0.2, 0.25) is 0 Å². The van der Waals surface area contributed by atoms with Crippen molar-refractivity contribution in [2.45, 2.75) is 12.8 Å². The predicted octanol–water partition coefficient (Wildman–Crippen LogP) is 0.809. The second-order valence-corrected chi connectivity index (χ2v) is 5.40. The molecule has 2 aromatic rings. The maximum absolute atomic E-state index is 12.5. The van der Waals surface area contributed by atoms with E-state index in [1.165, 1.54) is 0 Å². The zero-order chi connectivity index (χ0) is 15.5. The van der Waals surface area contributed by atoms with Crippen LogP contribution in [-0.4, -0.2) is 45.0 Å². The Hall–Kier alpha value is -2.70. The van der Waals surface area contributed by atoms with Gasteiger partial charge in [-0.05, 0) is 31.0 Å². The van der Waals surface area contributed by atoms with Crippen LogP contribution in [-0.2, 0) is 4.79 Å². The van der Waals surface area contributed by atoms with Crippen molar-refractivity contribution in [3.8, 4) is 11.3 Å². The molecule has 2 amide bonds. The summed E-state index contributed by atoms with van der Waals surface area (Å²) in [4.78, 5) is 29.4. The molecule has 1 fully saturated rings. The largest absolute Gasteiger partial charge is 0.369 e. The van der Waals surface area contributed by atoms with Gasteiger partial charge in [0.15, 0.2) is 0 Å². The number of primary amides is 1. The summed E-state index contributed by atoms with van der Waals surface area (Å²) in [6.07, 6.45) is 4.87. The van der Waals surface area contributed by atoms with E-state index < -0.39 is 0 Å². The van der Waals surface area contributed by atoms with Gasteiger partial charge >= 0.3 is 0 Å². The molecule has 1 saturated heterocycles. The van der Waals surface area contributed by atoms with Crippen LogP contribution >= 0.6 is 0 Å². The number of aromatic nitrogens is 3. The van der Waals surface area contributed by atoms with Crippen molar-refractivity contribution in [2.24, 2.45) is 11.7 Å². The second kappa shape index (κ2) is 5.97. The van der Waals surface area contributed by atoms with E-state index in [2.05, 4.69) is 15.2 Å². The zero-order valence-corrected chi connectivity index (χ0v) is 12.0. The molecule has 0 aromatic carbocycles. The molecule has 1 aliphatic rings. The molecular weight excluding hydrogens is 282 g/mol. The molecule has 1 unspecified atom stereocenters. The number of rotatable bonds is 3. The Kier molecular flexibility index (Phi) is 3.86. The van der Waals surface area contributed by atoms with Gasteiger partial charge in [0.05, 0.1) is 11.6 Å². The van der Waals surface area contributed by atoms with E-state index in [9.17, 15) is 9.59 Å². The predicted molar refractivity (Wildman–Crippen MR) is 79.6 cm³/mol. The molecule has 0 saturated carbocycles. The quantitative estimate of drug-likeness (QED) is 0.874. The molecule has 3 rings (SSSR count). The Balaban J connectivity index is 1.76. The van der Waals surface area contributed by atoms with Crippen LogP contribution < -0.4 is 5.73 Å². The molecule has 0 aliphatic carbocycles. The van der Waals surface area contributed by atoms with Crippen LogP contribution in [0.25, 0.3) is 11.3 Å². The molecule has 7 nitrogen and oxygen atoms in total. The van der Waals surface area contributed by atoms with Gasteiger partial charge in [-0.3, -0.25) is 19.7 Å². The number of nitrogens with zero attached hydrogens (tertiary/aromatic N) is 3. The summed E-state index contributed by atoms with van der Waals surface area (Å²) in [5.74, 6) is -0.765. The summed E-state index contributed by atoms with van der Waals surface area (Å²) >= 11 is 0. The first kappa shape index (κ1) is 14.2. The SMILES string of the molecule is NC(=O)C1CCCN(C(=O)c2cc(-c3ccncc3)n[nH]2)C1. The Morgan fingerprint density at radius 2 is 2.09 bits per heavy atom. The first-order valence-corrected chi connectivity index (χ1v) is 7.19. The standard InChI is InChI=1S/C15H17N5O2/c16-14(21)11-2-1-7-20(9-11)15(22)13-8-12(18-19-13)10-3-5-17-6-4-10/h3-6,8,11H,1-2,7,9H2,(H2,16,21)(H,18,19). The molecule has 22 heavy (non-hydrogen) atoms. The molecule has 0 bridgehead atoms. The van der Waals surface area contributed by atoms with E-state index in [1.807, 2.05) is 12.1 Å². The van der Waals surface area contributed by atoms with Crippen molar-refractivity contribution in [2.75, 3.05) is 13.1 Å². The summed E-state index contributed by atoms with van der Waals surface area (Å²) in [6.45, 7) is 1.00. The first-order chi connectivity index (χ1) is 10.6. The van der Waals surface area contributed by atoms with Crippen molar-refractivity contribution in [1.82, 2.24) is 20.1 Å². The highest BCUT2D eigenvalue weighted by Gasteiger charge is 2.28. The third-order valence-electron chi connectivity index (χ3n) is 3.90. The third-order valence-corrected chi connectivity index (χ3v) is 3.90. The van der Waals surface area contributed by atoms with Crippen LogP contribution in [0.1, 0.15) is 23.3 Å². The lowest BCUT2D eigenvalue weighted by molar-refractivity contribution is -0.123. The number of amides is 2. The first-order valence-electron chi connectivity index (χ1n) is 7.19. The van der Waals surface area contributed by atoms with Crippen LogP contribution in [0.15, 0.2) is 30.6 Å². The topological polar surface area (TPSA) is 105 Å². The highest BCUT2D eigenvalue weighted by Crippen LogP contribution is 2.20. The van der Waals surface area contributed by atoms with Gasteiger partial charge in [-0.2, -0.15) is 5.10 Å². The van der Waals surface area contributed by atoms with Gasteiger partial charge in [-0.25, -0.2) is 0 Å². The number of hydrogen-bond acceptors (Lipinski definition) is 4. The lowest BCUT2D eigenvalue weighted by Crippen LogP contribution is -2.44. The maximum atomic E-state index is 12.5. The van der Waals surface area contributed by atoms with E-state index in [0.717, 1.165) is 18.4 Å². The fraction of sp³-hybridized carbons (Fsp3) is 0.333. The zero-order valence-electron chi connectivity index (χ0n) is 12.0. The lowest BCUT2D eigenvalue weighted by atomic mass is 9.97. The van der Waals surface area contributed by atoms with Gasteiger partial charge < -0.3 is 10.6 Å². The fourth-order valence-corrected chi connectivity index (χ4v) is 2.67. The van der Waals surface area contributed by atoms with Gasteiger partial charge in [0.2, 0.25) is 5.91 Å². The van der Waals surface area contributed by atoms with Gasteiger partial charge in [0, 0.05) is 31.0 Å². The molecule has 0 radical (unpaired) electrons. The van der Waals surface area contributed by atoms with Crippen LogP contribution in [0.3, 0.4) is 0 Å². The number of nitrogens with two attached hydrogens (primary N) is 1. The third kappa shape index (κ3) is 2.83. The van der Waals surface area contributed by atoms with Gasteiger partial charge in [0.1, 0.15) is 5.69 Å². The lowest BCUT2D eigenvalue weighted by Gasteiger charge is -2.30. The van der Waals surface area contributed by atoms with Crippen LogP contribution in [0, 0.1) is 5.92 Å². The average molecular weight is 299 g/mol. The van der Waals surface area contributed by atoms with Crippen molar-refractivity contribution in [3.05, 3.63) is 36.3 Å². The number of piperidine rings is 1. The normalized spacial score (nSPS) is 18.2. The highest BCUT2D eigenvalue weighted by atomic mass is 16.2. The van der Waals surface area contributed by atoms with E-state index in [4.69, 9.17) is 5.73 Å². The summed E-state index contributed by atoms with van der Waals surface area (Å²) in [6, 6.07) is 5.37. The number of pyridine rings is 1. The van der Waals surface area contributed by atoms with Crippen molar-refractivity contribution in [3.63, 3.8) is 0 Å². The van der Waals surface area contributed by atoms with Crippen LogP contribution in [0.4, 0.5) is 0 Å². The molecule has 0 spiro atoms. The number of carbonyl (C=O) groups is 2. The molecule has 3 heterocycles. The molecule has 114 valence electrons. The minimum absolute atomic E-state index is 0.154. The van der Waals surface area contributed by atoms with Crippen molar-refractivity contribution < 1.29 is 9.59 Å². The summed E-state index contributed by atoms with van der Waals surface area (Å²) in [5.41, 5.74) is 7.34. The second-order valence-electron chi connectivity index (χ2n) is 5.40. The van der Waals surface area contributed by atoms with E-state index >= 15 is 0 Å². The van der Waals surface area contributed by atoms with Crippen molar-refractivity contribution >= 4 is 11.8 Å².